The van der Waals surface area contributed by atoms with Crippen molar-refractivity contribution in [3.8, 4) is 11.5 Å². The summed E-state index contributed by atoms with van der Waals surface area (Å²) in [7, 11) is 3.29. The topological polar surface area (TPSA) is 31.4 Å². The molecular formula is C14H17NO2. The van der Waals surface area contributed by atoms with Crippen molar-refractivity contribution in [2.24, 2.45) is 0 Å². The predicted molar refractivity (Wildman–Crippen MR) is 68.9 cm³/mol. The van der Waals surface area contributed by atoms with Gasteiger partial charge in [0.2, 0.25) is 0 Å². The van der Waals surface area contributed by atoms with E-state index in [9.17, 15) is 0 Å². The molecule has 1 aromatic heterocycles. The van der Waals surface area contributed by atoms with E-state index in [2.05, 4.69) is 18.8 Å². The maximum Gasteiger partial charge on any atom is 0.161 e. The Balaban J connectivity index is 2.73. The molecule has 1 aromatic carbocycles. The van der Waals surface area contributed by atoms with Crippen LogP contribution in [-0.4, -0.2) is 19.2 Å². The van der Waals surface area contributed by atoms with Crippen molar-refractivity contribution in [1.29, 1.82) is 0 Å². The zero-order valence-electron chi connectivity index (χ0n) is 10.7. The highest BCUT2D eigenvalue weighted by Crippen LogP contribution is 2.34. The number of ether oxygens (including phenoxy) is 2. The van der Waals surface area contributed by atoms with Crippen LogP contribution in [-0.2, 0) is 0 Å². The Morgan fingerprint density at radius 1 is 1.06 bits per heavy atom. The highest BCUT2D eigenvalue weighted by molar-refractivity contribution is 5.88. The van der Waals surface area contributed by atoms with Gasteiger partial charge in [0.1, 0.15) is 0 Å². The lowest BCUT2D eigenvalue weighted by Gasteiger charge is -2.12. The summed E-state index contributed by atoms with van der Waals surface area (Å²) < 4.78 is 10.6. The van der Waals surface area contributed by atoms with Crippen LogP contribution in [0.4, 0.5) is 0 Å². The molecule has 17 heavy (non-hydrogen) atoms. The lowest BCUT2D eigenvalue weighted by atomic mass is 10.0. The Morgan fingerprint density at radius 2 is 1.71 bits per heavy atom. The van der Waals surface area contributed by atoms with Crippen molar-refractivity contribution in [2.75, 3.05) is 14.2 Å². The Hall–Kier alpha value is -1.77. The van der Waals surface area contributed by atoms with E-state index in [0.717, 1.165) is 28.0 Å². The number of fused-ring (bicyclic) bond motifs is 1. The summed E-state index contributed by atoms with van der Waals surface area (Å²) in [5.74, 6) is 1.88. The molecule has 1 heterocycles. The Labute approximate surface area is 101 Å². The second kappa shape index (κ2) is 4.62. The number of methoxy groups -OCH3 is 2. The number of nitrogens with zero attached hydrogens (tertiary/aromatic N) is 1. The van der Waals surface area contributed by atoms with Crippen LogP contribution in [0.2, 0.25) is 0 Å². The summed E-state index contributed by atoms with van der Waals surface area (Å²) in [5, 5.41) is 2.25. The van der Waals surface area contributed by atoms with Gasteiger partial charge in [-0.05, 0) is 29.5 Å². The first-order chi connectivity index (χ1) is 8.17. The van der Waals surface area contributed by atoms with Crippen molar-refractivity contribution < 1.29 is 9.47 Å². The summed E-state index contributed by atoms with van der Waals surface area (Å²) in [6, 6.07) is 5.97. The summed E-state index contributed by atoms with van der Waals surface area (Å²) in [5.41, 5.74) is 1.09. The standard InChI is InChI=1S/C14H17NO2/c1-9(2)14-11-8-13(17-4)12(16-3)7-10(11)5-6-15-14/h5-9H,1-4H3. The molecule has 0 aliphatic carbocycles. The van der Waals surface area contributed by atoms with Gasteiger partial charge in [0.25, 0.3) is 0 Å². The van der Waals surface area contributed by atoms with Crippen LogP contribution in [0, 0.1) is 0 Å². The van der Waals surface area contributed by atoms with E-state index in [0.29, 0.717) is 5.92 Å². The van der Waals surface area contributed by atoms with Crippen molar-refractivity contribution in [1.82, 2.24) is 4.98 Å². The monoisotopic (exact) mass is 231 g/mol. The summed E-state index contributed by atoms with van der Waals surface area (Å²) >= 11 is 0. The van der Waals surface area contributed by atoms with Crippen molar-refractivity contribution >= 4 is 10.8 Å². The summed E-state index contributed by atoms with van der Waals surface area (Å²) in [6.45, 7) is 4.27. The fraction of sp³-hybridized carbons (Fsp3) is 0.357. The van der Waals surface area contributed by atoms with Crippen LogP contribution in [0.15, 0.2) is 24.4 Å². The van der Waals surface area contributed by atoms with Gasteiger partial charge < -0.3 is 9.47 Å². The molecule has 0 amide bonds. The zero-order chi connectivity index (χ0) is 12.4. The smallest absolute Gasteiger partial charge is 0.161 e. The molecule has 0 radical (unpaired) electrons. The van der Waals surface area contributed by atoms with Gasteiger partial charge in [0.05, 0.1) is 19.9 Å². The zero-order valence-corrected chi connectivity index (χ0v) is 10.7. The largest absolute Gasteiger partial charge is 0.493 e. The van der Waals surface area contributed by atoms with E-state index >= 15 is 0 Å². The molecule has 0 saturated heterocycles. The van der Waals surface area contributed by atoms with Crippen molar-refractivity contribution in [3.05, 3.63) is 30.1 Å². The van der Waals surface area contributed by atoms with Gasteiger partial charge in [-0.25, -0.2) is 0 Å². The first kappa shape index (κ1) is 11.7. The van der Waals surface area contributed by atoms with Crippen LogP contribution in [0.5, 0.6) is 11.5 Å². The van der Waals surface area contributed by atoms with E-state index < -0.39 is 0 Å². The van der Waals surface area contributed by atoms with Crippen molar-refractivity contribution in [2.45, 2.75) is 19.8 Å². The average Bonchev–Trinajstić information content (AvgIpc) is 2.35. The molecule has 0 bridgehead atoms. The molecule has 0 spiro atoms. The average molecular weight is 231 g/mol. The summed E-state index contributed by atoms with van der Waals surface area (Å²) in [6.07, 6.45) is 1.84. The minimum Gasteiger partial charge on any atom is -0.493 e. The van der Waals surface area contributed by atoms with Crippen LogP contribution >= 0.6 is 0 Å². The minimum atomic E-state index is 0.386. The predicted octanol–water partition coefficient (Wildman–Crippen LogP) is 3.38. The minimum absolute atomic E-state index is 0.386. The highest BCUT2D eigenvalue weighted by atomic mass is 16.5. The number of hydrogen-bond acceptors (Lipinski definition) is 3. The number of pyridine rings is 1. The normalized spacial score (nSPS) is 10.9. The van der Waals surface area contributed by atoms with Gasteiger partial charge in [-0.15, -0.1) is 0 Å². The van der Waals surface area contributed by atoms with Gasteiger partial charge in [-0.3, -0.25) is 4.98 Å². The molecule has 3 heteroatoms. The van der Waals surface area contributed by atoms with Crippen LogP contribution in [0.1, 0.15) is 25.5 Å². The van der Waals surface area contributed by atoms with Gasteiger partial charge in [-0.2, -0.15) is 0 Å². The van der Waals surface area contributed by atoms with E-state index in [1.54, 1.807) is 14.2 Å². The molecular weight excluding hydrogens is 214 g/mol. The number of aromatic nitrogens is 1. The molecule has 0 saturated carbocycles. The molecule has 0 fully saturated rings. The van der Waals surface area contributed by atoms with Crippen molar-refractivity contribution in [3.63, 3.8) is 0 Å². The van der Waals surface area contributed by atoms with E-state index in [-0.39, 0.29) is 0 Å². The lowest BCUT2D eigenvalue weighted by Crippen LogP contribution is -1.96. The number of hydrogen-bond donors (Lipinski definition) is 0. The SMILES string of the molecule is COc1cc2ccnc(C(C)C)c2cc1OC. The third-order valence-electron chi connectivity index (χ3n) is 2.85. The van der Waals surface area contributed by atoms with Gasteiger partial charge in [0, 0.05) is 11.6 Å². The quantitative estimate of drug-likeness (QED) is 0.811. The Kier molecular flexibility index (Phi) is 3.18. The van der Waals surface area contributed by atoms with Crippen LogP contribution in [0.3, 0.4) is 0 Å². The second-order valence-corrected chi connectivity index (χ2v) is 4.28. The van der Waals surface area contributed by atoms with Gasteiger partial charge in [-0.1, -0.05) is 13.8 Å². The molecule has 0 N–H and O–H groups in total. The van der Waals surface area contributed by atoms with Gasteiger partial charge in [0.15, 0.2) is 11.5 Å². The Bertz CT molecular complexity index is 535. The molecule has 0 aliphatic heterocycles. The van der Waals surface area contributed by atoms with E-state index in [1.165, 1.54) is 0 Å². The first-order valence-corrected chi connectivity index (χ1v) is 5.68. The first-order valence-electron chi connectivity index (χ1n) is 5.68. The molecule has 0 atom stereocenters. The third-order valence-corrected chi connectivity index (χ3v) is 2.85. The van der Waals surface area contributed by atoms with E-state index in [4.69, 9.17) is 9.47 Å². The lowest BCUT2D eigenvalue weighted by molar-refractivity contribution is 0.356. The maximum atomic E-state index is 5.33. The number of benzene rings is 1. The highest BCUT2D eigenvalue weighted by Gasteiger charge is 2.11. The molecule has 90 valence electrons. The second-order valence-electron chi connectivity index (χ2n) is 4.28. The maximum absolute atomic E-state index is 5.33. The van der Waals surface area contributed by atoms with E-state index in [1.807, 2.05) is 24.4 Å². The van der Waals surface area contributed by atoms with Crippen LogP contribution < -0.4 is 9.47 Å². The molecule has 0 unspecified atom stereocenters. The molecule has 2 aromatic rings. The molecule has 3 nitrogen and oxygen atoms in total. The molecule has 2 rings (SSSR count). The van der Waals surface area contributed by atoms with Gasteiger partial charge >= 0.3 is 0 Å². The fourth-order valence-corrected chi connectivity index (χ4v) is 1.98. The number of rotatable bonds is 3. The molecule has 0 aliphatic rings. The summed E-state index contributed by atoms with van der Waals surface area (Å²) in [4.78, 5) is 4.44. The Morgan fingerprint density at radius 3 is 2.29 bits per heavy atom. The van der Waals surface area contributed by atoms with Crippen LogP contribution in [0.25, 0.3) is 10.8 Å². The fourth-order valence-electron chi connectivity index (χ4n) is 1.98. The third kappa shape index (κ3) is 2.05.